The van der Waals surface area contributed by atoms with Gasteiger partial charge in [0.1, 0.15) is 0 Å². The first kappa shape index (κ1) is 10.6. The van der Waals surface area contributed by atoms with E-state index >= 15 is 0 Å². The molecule has 2 aliphatic rings. The number of nitrogens with zero attached hydrogens (tertiary/aromatic N) is 1. The zero-order chi connectivity index (χ0) is 11.0. The number of benzene rings is 1. The average Bonchev–Trinajstić information content (AvgIpc) is 2.84. The maximum Gasteiger partial charge on any atom is 0.0872 e. The maximum atomic E-state index is 10.4. The second kappa shape index (κ2) is 4.06. The van der Waals surface area contributed by atoms with E-state index < -0.39 is 5.60 Å². The summed E-state index contributed by atoms with van der Waals surface area (Å²) in [5.74, 6) is 2.01. The summed E-state index contributed by atoms with van der Waals surface area (Å²) in [7, 11) is 0. The second-order valence-electron chi connectivity index (χ2n) is 4.94. The lowest BCUT2D eigenvalue weighted by Gasteiger charge is -2.27. The summed E-state index contributed by atoms with van der Waals surface area (Å²) in [6, 6.07) is 8.59. The fourth-order valence-corrected chi connectivity index (χ4v) is 3.94. The monoisotopic (exact) mass is 235 g/mol. The third-order valence-corrected chi connectivity index (χ3v) is 4.74. The van der Waals surface area contributed by atoms with Crippen LogP contribution in [0.1, 0.15) is 17.5 Å². The zero-order valence-corrected chi connectivity index (χ0v) is 10.2. The molecule has 1 atom stereocenters. The number of hydrogen-bond acceptors (Lipinski definition) is 3. The van der Waals surface area contributed by atoms with E-state index in [0.717, 1.165) is 37.6 Å². The Morgan fingerprint density at radius 2 is 1.94 bits per heavy atom. The molecule has 2 aliphatic heterocycles. The Morgan fingerprint density at radius 1 is 1.25 bits per heavy atom. The van der Waals surface area contributed by atoms with Crippen LogP contribution in [0.3, 0.4) is 0 Å². The van der Waals surface area contributed by atoms with Crippen molar-refractivity contribution in [3.63, 3.8) is 0 Å². The molecule has 0 radical (unpaired) electrons. The largest absolute Gasteiger partial charge is 0.388 e. The molecule has 0 aliphatic carbocycles. The molecule has 16 heavy (non-hydrogen) atoms. The van der Waals surface area contributed by atoms with Crippen LogP contribution in [-0.4, -0.2) is 33.7 Å². The normalized spacial score (nSPS) is 29.6. The van der Waals surface area contributed by atoms with Gasteiger partial charge >= 0.3 is 0 Å². The van der Waals surface area contributed by atoms with Gasteiger partial charge in [0.05, 0.1) is 5.60 Å². The van der Waals surface area contributed by atoms with Gasteiger partial charge in [-0.25, -0.2) is 0 Å². The Kier molecular flexibility index (Phi) is 2.70. The summed E-state index contributed by atoms with van der Waals surface area (Å²) in [6.07, 6.45) is 0.949. The van der Waals surface area contributed by atoms with Crippen molar-refractivity contribution < 1.29 is 5.11 Å². The van der Waals surface area contributed by atoms with Crippen LogP contribution < -0.4 is 0 Å². The highest BCUT2D eigenvalue weighted by atomic mass is 32.2. The molecule has 0 saturated carbocycles. The highest BCUT2D eigenvalue weighted by molar-refractivity contribution is 7.99. The number of hydrogen-bond donors (Lipinski definition) is 1. The molecule has 86 valence electrons. The van der Waals surface area contributed by atoms with Crippen LogP contribution in [0.2, 0.25) is 0 Å². The molecular weight excluding hydrogens is 218 g/mol. The number of rotatable bonds is 2. The molecule has 3 heteroatoms. The van der Waals surface area contributed by atoms with Crippen LogP contribution in [0.25, 0.3) is 0 Å². The molecule has 2 heterocycles. The van der Waals surface area contributed by atoms with Gasteiger partial charge in [-0.05, 0) is 23.3 Å². The van der Waals surface area contributed by atoms with Crippen molar-refractivity contribution in [3.05, 3.63) is 35.4 Å². The van der Waals surface area contributed by atoms with Crippen molar-refractivity contribution in [1.82, 2.24) is 4.90 Å². The van der Waals surface area contributed by atoms with Crippen molar-refractivity contribution >= 4 is 11.8 Å². The van der Waals surface area contributed by atoms with E-state index in [1.54, 1.807) is 0 Å². The molecule has 0 aromatic heterocycles. The summed E-state index contributed by atoms with van der Waals surface area (Å²) < 4.78 is 0. The number of aliphatic hydroxyl groups is 1. The summed E-state index contributed by atoms with van der Waals surface area (Å²) in [4.78, 5) is 2.37. The highest BCUT2D eigenvalue weighted by Gasteiger charge is 2.35. The molecule has 0 bridgehead atoms. The van der Waals surface area contributed by atoms with Gasteiger partial charge in [-0.1, -0.05) is 24.3 Å². The van der Waals surface area contributed by atoms with Gasteiger partial charge in [0.2, 0.25) is 0 Å². The fourth-order valence-electron chi connectivity index (χ4n) is 2.65. The standard InChI is InChI=1S/C13H17NOS/c15-13(5-6-16-10-13)9-14-7-11-3-1-2-4-12(11)8-14/h1-4,15H,5-10H2. The Balaban J connectivity index is 1.68. The molecule has 2 nitrogen and oxygen atoms in total. The van der Waals surface area contributed by atoms with Crippen LogP contribution in [0.5, 0.6) is 0 Å². The highest BCUT2D eigenvalue weighted by Crippen LogP contribution is 2.31. The van der Waals surface area contributed by atoms with E-state index in [1.165, 1.54) is 11.1 Å². The van der Waals surface area contributed by atoms with Gasteiger partial charge in [-0.15, -0.1) is 0 Å². The molecule has 0 spiro atoms. The molecular formula is C13H17NOS. The molecule has 1 saturated heterocycles. The van der Waals surface area contributed by atoms with Crippen LogP contribution in [0, 0.1) is 0 Å². The lowest BCUT2D eigenvalue weighted by atomic mass is 10.0. The smallest absolute Gasteiger partial charge is 0.0872 e. The van der Waals surface area contributed by atoms with Gasteiger partial charge in [0.15, 0.2) is 0 Å². The van der Waals surface area contributed by atoms with Gasteiger partial charge in [0.25, 0.3) is 0 Å². The van der Waals surface area contributed by atoms with Crippen LogP contribution in [0.4, 0.5) is 0 Å². The van der Waals surface area contributed by atoms with E-state index in [4.69, 9.17) is 0 Å². The topological polar surface area (TPSA) is 23.5 Å². The molecule has 1 fully saturated rings. The van der Waals surface area contributed by atoms with Crippen LogP contribution in [-0.2, 0) is 13.1 Å². The van der Waals surface area contributed by atoms with Crippen molar-refractivity contribution in [2.24, 2.45) is 0 Å². The Labute approximate surface area is 101 Å². The van der Waals surface area contributed by atoms with E-state index in [2.05, 4.69) is 29.2 Å². The minimum Gasteiger partial charge on any atom is -0.388 e. The van der Waals surface area contributed by atoms with Gasteiger partial charge in [-0.2, -0.15) is 11.8 Å². The lowest BCUT2D eigenvalue weighted by Crippen LogP contribution is -2.41. The Morgan fingerprint density at radius 3 is 2.50 bits per heavy atom. The van der Waals surface area contributed by atoms with Crippen LogP contribution >= 0.6 is 11.8 Å². The maximum absolute atomic E-state index is 10.4. The van der Waals surface area contributed by atoms with E-state index in [1.807, 2.05) is 11.8 Å². The summed E-state index contributed by atoms with van der Waals surface area (Å²) in [5.41, 5.74) is 2.42. The van der Waals surface area contributed by atoms with Crippen molar-refractivity contribution in [1.29, 1.82) is 0 Å². The van der Waals surface area contributed by atoms with Crippen molar-refractivity contribution in [2.75, 3.05) is 18.1 Å². The zero-order valence-electron chi connectivity index (χ0n) is 9.35. The SMILES string of the molecule is OC1(CN2Cc3ccccc3C2)CCSC1. The molecule has 3 rings (SSSR count). The number of fused-ring (bicyclic) bond motifs is 1. The Bertz CT molecular complexity index is 362. The minimum absolute atomic E-state index is 0.438. The number of β-amino-alcohol motifs (C(OH)–C–C–N with tert-alkyl or cyclic N) is 1. The lowest BCUT2D eigenvalue weighted by molar-refractivity contribution is 0.0252. The van der Waals surface area contributed by atoms with Gasteiger partial charge < -0.3 is 5.11 Å². The molecule has 1 N–H and O–H groups in total. The van der Waals surface area contributed by atoms with Crippen LogP contribution in [0.15, 0.2) is 24.3 Å². The Hall–Kier alpha value is -0.510. The fraction of sp³-hybridized carbons (Fsp3) is 0.538. The van der Waals surface area contributed by atoms with Crippen molar-refractivity contribution in [2.45, 2.75) is 25.1 Å². The third kappa shape index (κ3) is 1.99. The first-order valence-corrected chi connectivity index (χ1v) is 7.00. The number of thioether (sulfide) groups is 1. The summed E-state index contributed by atoms with van der Waals surface area (Å²) in [6.45, 7) is 2.83. The first-order chi connectivity index (χ1) is 7.75. The van der Waals surface area contributed by atoms with E-state index in [-0.39, 0.29) is 0 Å². The third-order valence-electron chi connectivity index (χ3n) is 3.51. The molecule has 1 unspecified atom stereocenters. The molecule has 0 amide bonds. The van der Waals surface area contributed by atoms with E-state index in [0.29, 0.717) is 0 Å². The second-order valence-corrected chi connectivity index (χ2v) is 6.05. The quantitative estimate of drug-likeness (QED) is 0.846. The predicted octanol–water partition coefficient (Wildman–Crippen LogP) is 1.87. The van der Waals surface area contributed by atoms with E-state index in [9.17, 15) is 5.11 Å². The van der Waals surface area contributed by atoms with Gasteiger partial charge in [-0.3, -0.25) is 4.90 Å². The summed E-state index contributed by atoms with van der Waals surface area (Å²) >= 11 is 1.87. The first-order valence-electron chi connectivity index (χ1n) is 5.84. The predicted molar refractivity (Wildman–Crippen MR) is 67.4 cm³/mol. The summed E-state index contributed by atoms with van der Waals surface area (Å²) in [5, 5.41) is 10.4. The molecule has 1 aromatic carbocycles. The van der Waals surface area contributed by atoms with Gasteiger partial charge in [0, 0.05) is 25.4 Å². The average molecular weight is 235 g/mol. The molecule has 1 aromatic rings. The minimum atomic E-state index is -0.438. The van der Waals surface area contributed by atoms with Crippen molar-refractivity contribution in [3.8, 4) is 0 Å².